The number of pyridine rings is 1. The van der Waals surface area contributed by atoms with E-state index in [2.05, 4.69) is 36.1 Å². The van der Waals surface area contributed by atoms with Crippen molar-refractivity contribution in [3.63, 3.8) is 0 Å². The largest absolute Gasteiger partial charge is 0.345 e. The highest BCUT2D eigenvalue weighted by Crippen LogP contribution is 2.23. The molecule has 0 atom stereocenters. The smallest absolute Gasteiger partial charge is 0.253 e. The highest BCUT2D eigenvalue weighted by molar-refractivity contribution is 7.09. The summed E-state index contributed by atoms with van der Waals surface area (Å²) in [7, 11) is 0. The summed E-state index contributed by atoms with van der Waals surface area (Å²) in [5.74, 6) is -0.223. The molecule has 0 aliphatic carbocycles. The number of thiazole rings is 1. The summed E-state index contributed by atoms with van der Waals surface area (Å²) < 4.78 is 0. The first-order valence-electron chi connectivity index (χ1n) is 6.49. The van der Waals surface area contributed by atoms with Crippen LogP contribution >= 0.6 is 11.3 Å². The molecule has 6 heteroatoms. The lowest BCUT2D eigenvalue weighted by Crippen LogP contribution is -2.23. The van der Waals surface area contributed by atoms with Gasteiger partial charge in [-0.15, -0.1) is 11.3 Å². The maximum absolute atomic E-state index is 12.0. The molecule has 1 amide bonds. The first-order valence-corrected chi connectivity index (χ1v) is 7.37. The van der Waals surface area contributed by atoms with E-state index in [1.165, 1.54) is 23.6 Å². The highest BCUT2D eigenvalue weighted by Gasteiger charge is 2.17. The van der Waals surface area contributed by atoms with Crippen LogP contribution in [0.4, 0.5) is 0 Å². The van der Waals surface area contributed by atoms with Crippen molar-refractivity contribution in [3.8, 4) is 6.07 Å². The van der Waals surface area contributed by atoms with E-state index in [1.807, 2.05) is 11.4 Å². The average molecular weight is 300 g/mol. The van der Waals surface area contributed by atoms with Crippen LogP contribution in [0.25, 0.3) is 0 Å². The Bertz CT molecular complexity index is 677. The Morgan fingerprint density at radius 1 is 1.43 bits per heavy atom. The predicted molar refractivity (Wildman–Crippen MR) is 80.9 cm³/mol. The molecule has 0 aliphatic rings. The second kappa shape index (κ2) is 6.02. The second-order valence-corrected chi connectivity index (χ2v) is 6.55. The Hall–Kier alpha value is -2.26. The molecular formula is C15H16N4OS. The van der Waals surface area contributed by atoms with E-state index in [0.717, 1.165) is 10.7 Å². The van der Waals surface area contributed by atoms with E-state index in [0.29, 0.717) is 17.8 Å². The van der Waals surface area contributed by atoms with Crippen LogP contribution < -0.4 is 5.32 Å². The van der Waals surface area contributed by atoms with Crippen LogP contribution in [0.15, 0.2) is 23.7 Å². The van der Waals surface area contributed by atoms with Gasteiger partial charge in [0.1, 0.15) is 16.8 Å². The quantitative estimate of drug-likeness (QED) is 0.945. The minimum atomic E-state index is -0.223. The third-order valence-corrected chi connectivity index (χ3v) is 3.71. The molecule has 108 valence electrons. The van der Waals surface area contributed by atoms with Crippen molar-refractivity contribution >= 4 is 17.2 Å². The predicted octanol–water partition coefficient (Wildman–Crippen LogP) is 2.64. The van der Waals surface area contributed by atoms with Crippen LogP contribution in [0.3, 0.4) is 0 Å². The Kier molecular flexibility index (Phi) is 4.34. The van der Waals surface area contributed by atoms with Gasteiger partial charge in [0.05, 0.1) is 17.8 Å². The van der Waals surface area contributed by atoms with Crippen LogP contribution in [-0.2, 0) is 12.0 Å². The van der Waals surface area contributed by atoms with Crippen molar-refractivity contribution in [3.05, 3.63) is 45.7 Å². The molecule has 5 nitrogen and oxygen atoms in total. The lowest BCUT2D eigenvalue weighted by atomic mass is 9.93. The number of amides is 1. The van der Waals surface area contributed by atoms with Crippen LogP contribution in [0.5, 0.6) is 0 Å². The van der Waals surface area contributed by atoms with Crippen LogP contribution in [0, 0.1) is 11.3 Å². The zero-order valence-corrected chi connectivity index (χ0v) is 13.0. The first-order chi connectivity index (χ1) is 9.90. The van der Waals surface area contributed by atoms with Gasteiger partial charge in [-0.05, 0) is 12.1 Å². The Morgan fingerprint density at radius 3 is 2.71 bits per heavy atom. The van der Waals surface area contributed by atoms with E-state index >= 15 is 0 Å². The summed E-state index contributed by atoms with van der Waals surface area (Å²) >= 11 is 1.54. The van der Waals surface area contributed by atoms with Gasteiger partial charge in [0, 0.05) is 17.0 Å². The number of hydrogen-bond acceptors (Lipinski definition) is 5. The summed E-state index contributed by atoms with van der Waals surface area (Å²) in [6.07, 6.45) is 1.40. The van der Waals surface area contributed by atoms with Crippen LogP contribution in [0.1, 0.15) is 47.5 Å². The van der Waals surface area contributed by atoms with Crippen molar-refractivity contribution in [1.29, 1.82) is 5.26 Å². The molecule has 0 aliphatic heterocycles. The molecule has 1 N–H and O–H groups in total. The fourth-order valence-electron chi connectivity index (χ4n) is 1.59. The van der Waals surface area contributed by atoms with Crippen molar-refractivity contribution < 1.29 is 4.79 Å². The minimum absolute atomic E-state index is 0.00973. The van der Waals surface area contributed by atoms with Gasteiger partial charge < -0.3 is 5.32 Å². The van der Waals surface area contributed by atoms with Gasteiger partial charge in [0.15, 0.2) is 0 Å². The number of rotatable bonds is 3. The summed E-state index contributed by atoms with van der Waals surface area (Å²) in [6, 6.07) is 5.03. The van der Waals surface area contributed by atoms with E-state index in [1.54, 1.807) is 6.07 Å². The SMILES string of the molecule is CC(C)(C)c1csc(CNC(=O)c2ccc(C#N)nc2)n1. The third kappa shape index (κ3) is 3.86. The van der Waals surface area contributed by atoms with Crippen molar-refractivity contribution in [2.45, 2.75) is 32.7 Å². The van der Waals surface area contributed by atoms with Crippen LogP contribution in [0.2, 0.25) is 0 Å². The van der Waals surface area contributed by atoms with Gasteiger partial charge in [-0.3, -0.25) is 4.79 Å². The maximum Gasteiger partial charge on any atom is 0.253 e. The topological polar surface area (TPSA) is 78.7 Å². The van der Waals surface area contributed by atoms with Gasteiger partial charge >= 0.3 is 0 Å². The lowest BCUT2D eigenvalue weighted by molar-refractivity contribution is 0.0950. The summed E-state index contributed by atoms with van der Waals surface area (Å²) in [5.41, 5.74) is 1.76. The second-order valence-electron chi connectivity index (χ2n) is 5.60. The van der Waals surface area contributed by atoms with Crippen LogP contribution in [-0.4, -0.2) is 15.9 Å². The fraction of sp³-hybridized carbons (Fsp3) is 0.333. The normalized spacial score (nSPS) is 11.0. The molecule has 0 saturated carbocycles. The molecule has 0 spiro atoms. The van der Waals surface area contributed by atoms with E-state index in [4.69, 9.17) is 5.26 Å². The molecule has 0 saturated heterocycles. The average Bonchev–Trinajstić information content (AvgIpc) is 2.94. The molecule has 0 bridgehead atoms. The molecule has 2 aromatic rings. The molecule has 2 aromatic heterocycles. The number of carbonyl (C=O) groups is 1. The van der Waals surface area contributed by atoms with E-state index < -0.39 is 0 Å². The number of nitriles is 1. The summed E-state index contributed by atoms with van der Waals surface area (Å²) in [5, 5.41) is 14.4. The molecule has 0 aromatic carbocycles. The van der Waals surface area contributed by atoms with Gasteiger partial charge in [-0.2, -0.15) is 5.26 Å². The van der Waals surface area contributed by atoms with Gasteiger partial charge in [-0.25, -0.2) is 9.97 Å². The molecule has 0 fully saturated rings. The highest BCUT2D eigenvalue weighted by atomic mass is 32.1. The first kappa shape index (κ1) is 15.1. The number of nitrogens with one attached hydrogen (secondary N) is 1. The molecule has 21 heavy (non-hydrogen) atoms. The van der Waals surface area contributed by atoms with Crippen molar-refractivity contribution in [1.82, 2.24) is 15.3 Å². The van der Waals surface area contributed by atoms with Gasteiger partial charge in [0.25, 0.3) is 5.91 Å². The maximum atomic E-state index is 12.0. The fourth-order valence-corrected chi connectivity index (χ4v) is 2.55. The zero-order valence-electron chi connectivity index (χ0n) is 12.2. The van der Waals surface area contributed by atoms with E-state index in [-0.39, 0.29) is 11.3 Å². The third-order valence-electron chi connectivity index (χ3n) is 2.86. The Labute approximate surface area is 127 Å². The molecular weight excluding hydrogens is 284 g/mol. The van der Waals surface area contributed by atoms with Crippen molar-refractivity contribution in [2.75, 3.05) is 0 Å². The lowest BCUT2D eigenvalue weighted by Gasteiger charge is -2.14. The zero-order chi connectivity index (χ0) is 15.5. The number of nitrogens with zero attached hydrogens (tertiary/aromatic N) is 3. The standard InChI is InChI=1S/C15H16N4OS/c1-15(2,3)12-9-21-13(19-12)8-18-14(20)10-4-5-11(6-16)17-7-10/h4-5,7,9H,8H2,1-3H3,(H,18,20). The molecule has 0 radical (unpaired) electrons. The molecule has 0 unspecified atom stereocenters. The Balaban J connectivity index is 1.97. The summed E-state index contributed by atoms with van der Waals surface area (Å²) in [4.78, 5) is 20.4. The molecule has 2 rings (SSSR count). The molecule has 2 heterocycles. The summed E-state index contributed by atoms with van der Waals surface area (Å²) in [6.45, 7) is 6.70. The van der Waals surface area contributed by atoms with E-state index in [9.17, 15) is 4.79 Å². The number of hydrogen-bond donors (Lipinski definition) is 1. The van der Waals surface area contributed by atoms with Crippen molar-refractivity contribution in [2.24, 2.45) is 0 Å². The monoisotopic (exact) mass is 300 g/mol. The Morgan fingerprint density at radius 2 is 2.19 bits per heavy atom. The minimum Gasteiger partial charge on any atom is -0.345 e. The number of aromatic nitrogens is 2. The number of carbonyl (C=O) groups excluding carboxylic acids is 1. The van der Waals surface area contributed by atoms with Gasteiger partial charge in [0.2, 0.25) is 0 Å². The van der Waals surface area contributed by atoms with Gasteiger partial charge in [-0.1, -0.05) is 20.8 Å².